The summed E-state index contributed by atoms with van der Waals surface area (Å²) in [6, 6.07) is 9.93. The molecule has 3 rings (SSSR count). The van der Waals surface area contributed by atoms with Crippen LogP contribution in [0.15, 0.2) is 30.3 Å². The second-order valence-electron chi connectivity index (χ2n) is 7.88. The molecular weight excluding hydrogens is 370 g/mol. The number of rotatable bonds is 6. The van der Waals surface area contributed by atoms with E-state index >= 15 is 0 Å². The number of nitrogens with one attached hydrogen (secondary N) is 2. The highest BCUT2D eigenvalue weighted by molar-refractivity contribution is 5.95. The first kappa shape index (κ1) is 20.2. The number of hydrogen-bond donors (Lipinski definition) is 3. The van der Waals surface area contributed by atoms with E-state index in [0.717, 1.165) is 5.56 Å². The van der Waals surface area contributed by atoms with Gasteiger partial charge < -0.3 is 16.4 Å². The minimum Gasteiger partial charge on any atom is -0.368 e. The van der Waals surface area contributed by atoms with Gasteiger partial charge in [-0.3, -0.25) is 9.59 Å². The standard InChI is InChI=1S/C20H25N7O2/c1-12-9-15(17(29)22-11-16(21)28)27-19(24-12)25-18(26-27)23-10-13-5-7-14(8-6-13)20(2,3)4/h5-9H,10-11H2,1-4H3,(H2,21,28)(H,22,29)(H,23,26). The Morgan fingerprint density at radius 2 is 1.83 bits per heavy atom. The molecular formula is C20H25N7O2. The first-order valence-electron chi connectivity index (χ1n) is 9.28. The summed E-state index contributed by atoms with van der Waals surface area (Å²) >= 11 is 0. The highest BCUT2D eigenvalue weighted by Gasteiger charge is 2.16. The predicted octanol–water partition coefficient (Wildman–Crippen LogP) is 1.56. The average molecular weight is 395 g/mol. The van der Waals surface area contributed by atoms with E-state index < -0.39 is 11.8 Å². The maximum absolute atomic E-state index is 12.4. The van der Waals surface area contributed by atoms with E-state index in [0.29, 0.717) is 24.0 Å². The van der Waals surface area contributed by atoms with Crippen LogP contribution in [0.2, 0.25) is 0 Å². The molecule has 2 aromatic heterocycles. The lowest BCUT2D eigenvalue weighted by atomic mass is 9.87. The number of amides is 2. The molecule has 2 heterocycles. The van der Waals surface area contributed by atoms with Gasteiger partial charge in [-0.25, -0.2) is 4.98 Å². The lowest BCUT2D eigenvalue weighted by Gasteiger charge is -2.19. The third-order valence-electron chi connectivity index (χ3n) is 4.37. The molecule has 1 aromatic carbocycles. The van der Waals surface area contributed by atoms with Crippen molar-refractivity contribution in [3.63, 3.8) is 0 Å². The molecule has 2 amide bonds. The summed E-state index contributed by atoms with van der Waals surface area (Å²) in [5.41, 5.74) is 8.37. The van der Waals surface area contributed by atoms with E-state index in [-0.39, 0.29) is 17.7 Å². The summed E-state index contributed by atoms with van der Waals surface area (Å²) in [7, 11) is 0. The summed E-state index contributed by atoms with van der Waals surface area (Å²) in [5.74, 6) is -0.459. The van der Waals surface area contributed by atoms with Crippen LogP contribution in [0.1, 0.15) is 48.1 Å². The van der Waals surface area contributed by atoms with Crippen LogP contribution in [0.4, 0.5) is 5.95 Å². The second-order valence-corrected chi connectivity index (χ2v) is 7.88. The Labute approximate surface area is 168 Å². The molecule has 0 aliphatic rings. The van der Waals surface area contributed by atoms with E-state index in [9.17, 15) is 9.59 Å². The number of anilines is 1. The molecule has 0 fully saturated rings. The molecule has 9 nitrogen and oxygen atoms in total. The van der Waals surface area contributed by atoms with Gasteiger partial charge in [0, 0.05) is 12.2 Å². The molecule has 0 saturated heterocycles. The molecule has 0 aliphatic heterocycles. The highest BCUT2D eigenvalue weighted by Crippen LogP contribution is 2.22. The lowest BCUT2D eigenvalue weighted by molar-refractivity contribution is -0.117. The largest absolute Gasteiger partial charge is 0.368 e. The summed E-state index contributed by atoms with van der Waals surface area (Å²) in [6.45, 7) is 8.55. The molecule has 0 spiro atoms. The summed E-state index contributed by atoms with van der Waals surface area (Å²) in [4.78, 5) is 31.9. The Bertz CT molecular complexity index is 1050. The number of aromatic nitrogens is 4. The van der Waals surface area contributed by atoms with Crippen molar-refractivity contribution in [3.8, 4) is 0 Å². The number of nitrogens with two attached hydrogens (primary N) is 1. The smallest absolute Gasteiger partial charge is 0.270 e. The van der Waals surface area contributed by atoms with E-state index in [1.165, 1.54) is 10.1 Å². The van der Waals surface area contributed by atoms with Crippen molar-refractivity contribution in [2.45, 2.75) is 39.7 Å². The SMILES string of the molecule is Cc1cc(C(=O)NCC(N)=O)n2nc(NCc3ccc(C(C)(C)C)cc3)nc2n1. The molecule has 0 radical (unpaired) electrons. The van der Waals surface area contributed by atoms with E-state index in [4.69, 9.17) is 5.73 Å². The molecule has 0 saturated carbocycles. The first-order chi connectivity index (χ1) is 13.6. The number of nitrogens with zero attached hydrogens (tertiary/aromatic N) is 4. The van der Waals surface area contributed by atoms with Gasteiger partial charge in [-0.2, -0.15) is 9.50 Å². The number of aryl methyl sites for hydroxylation is 1. The Morgan fingerprint density at radius 1 is 1.14 bits per heavy atom. The molecule has 152 valence electrons. The van der Waals surface area contributed by atoms with Crippen molar-refractivity contribution in [1.29, 1.82) is 0 Å². The average Bonchev–Trinajstić information content (AvgIpc) is 3.06. The number of primary amides is 1. The van der Waals surface area contributed by atoms with Crippen molar-refractivity contribution in [2.75, 3.05) is 11.9 Å². The molecule has 0 aliphatic carbocycles. The van der Waals surface area contributed by atoms with E-state index in [1.807, 2.05) is 0 Å². The van der Waals surface area contributed by atoms with Crippen molar-refractivity contribution >= 4 is 23.5 Å². The van der Waals surface area contributed by atoms with Gasteiger partial charge in [-0.15, -0.1) is 5.10 Å². The number of carbonyl (C=O) groups excluding carboxylic acids is 2. The van der Waals surface area contributed by atoms with Gasteiger partial charge >= 0.3 is 0 Å². The van der Waals surface area contributed by atoms with Gasteiger partial charge in [0.25, 0.3) is 11.7 Å². The zero-order valence-corrected chi connectivity index (χ0v) is 17.0. The molecule has 0 bridgehead atoms. The summed E-state index contributed by atoms with van der Waals surface area (Å²) in [6.07, 6.45) is 0. The van der Waals surface area contributed by atoms with Crippen molar-refractivity contribution in [1.82, 2.24) is 24.9 Å². The van der Waals surface area contributed by atoms with Crippen LogP contribution in [-0.4, -0.2) is 37.9 Å². The van der Waals surface area contributed by atoms with E-state index in [1.54, 1.807) is 13.0 Å². The molecule has 0 unspecified atom stereocenters. The van der Waals surface area contributed by atoms with Crippen molar-refractivity contribution in [3.05, 3.63) is 52.8 Å². The quantitative estimate of drug-likeness (QED) is 0.581. The molecule has 0 atom stereocenters. The minimum atomic E-state index is -0.626. The normalized spacial score (nSPS) is 11.4. The van der Waals surface area contributed by atoms with Crippen molar-refractivity contribution < 1.29 is 9.59 Å². The van der Waals surface area contributed by atoms with Gasteiger partial charge in [-0.1, -0.05) is 45.0 Å². The second kappa shape index (κ2) is 7.86. The fourth-order valence-electron chi connectivity index (χ4n) is 2.79. The molecule has 3 aromatic rings. The van der Waals surface area contributed by atoms with Gasteiger partial charge in [-0.05, 0) is 29.5 Å². The Balaban J connectivity index is 1.78. The Hall–Kier alpha value is -3.49. The van der Waals surface area contributed by atoms with Gasteiger partial charge in [0.05, 0.1) is 6.54 Å². The van der Waals surface area contributed by atoms with Crippen LogP contribution in [0, 0.1) is 6.92 Å². The molecule has 9 heteroatoms. The van der Waals surface area contributed by atoms with Crippen molar-refractivity contribution in [2.24, 2.45) is 5.73 Å². The van der Waals surface area contributed by atoms with E-state index in [2.05, 4.69) is 70.7 Å². The van der Waals surface area contributed by atoms with Crippen LogP contribution in [-0.2, 0) is 16.8 Å². The highest BCUT2D eigenvalue weighted by atomic mass is 16.2. The first-order valence-corrected chi connectivity index (χ1v) is 9.28. The van der Waals surface area contributed by atoms with Crippen LogP contribution in [0.25, 0.3) is 5.78 Å². The number of carbonyl (C=O) groups is 2. The van der Waals surface area contributed by atoms with Gasteiger partial charge in [0.2, 0.25) is 11.9 Å². The fraction of sp³-hybridized carbons (Fsp3) is 0.350. The summed E-state index contributed by atoms with van der Waals surface area (Å²) < 4.78 is 1.34. The van der Waals surface area contributed by atoms with Crippen LogP contribution in [0.5, 0.6) is 0 Å². The molecule has 29 heavy (non-hydrogen) atoms. The third-order valence-corrected chi connectivity index (χ3v) is 4.37. The maximum Gasteiger partial charge on any atom is 0.270 e. The van der Waals surface area contributed by atoms with Crippen LogP contribution < -0.4 is 16.4 Å². The number of fused-ring (bicyclic) bond motifs is 1. The minimum absolute atomic E-state index is 0.101. The van der Waals surface area contributed by atoms with Gasteiger partial charge in [0.1, 0.15) is 5.69 Å². The molecule has 4 N–H and O–H groups in total. The topological polar surface area (TPSA) is 127 Å². The Morgan fingerprint density at radius 3 is 2.45 bits per heavy atom. The zero-order valence-electron chi connectivity index (χ0n) is 17.0. The lowest BCUT2D eigenvalue weighted by Crippen LogP contribution is -2.34. The number of benzene rings is 1. The third kappa shape index (κ3) is 4.87. The van der Waals surface area contributed by atoms with Crippen LogP contribution in [0.3, 0.4) is 0 Å². The fourth-order valence-corrected chi connectivity index (χ4v) is 2.79. The summed E-state index contributed by atoms with van der Waals surface area (Å²) in [5, 5.41) is 9.94. The zero-order chi connectivity index (χ0) is 21.2. The Kier molecular flexibility index (Phi) is 5.49. The predicted molar refractivity (Wildman–Crippen MR) is 110 cm³/mol. The number of hydrogen-bond acceptors (Lipinski definition) is 6. The maximum atomic E-state index is 12.4. The monoisotopic (exact) mass is 395 g/mol. The van der Waals surface area contributed by atoms with Gasteiger partial charge in [0.15, 0.2) is 0 Å². The van der Waals surface area contributed by atoms with Crippen LogP contribution >= 0.6 is 0 Å².